The molecule has 0 unspecified atom stereocenters. The minimum Gasteiger partial charge on any atom is -0.493 e. The molecule has 0 bridgehead atoms. The summed E-state index contributed by atoms with van der Waals surface area (Å²) in [4.78, 5) is 44.7. The van der Waals surface area contributed by atoms with Crippen LogP contribution >= 0.6 is 0 Å². The number of nitrogens with one attached hydrogen (secondary N) is 3. The van der Waals surface area contributed by atoms with Gasteiger partial charge in [0, 0.05) is 0 Å². The monoisotopic (exact) mass is 484 g/mol. The summed E-state index contributed by atoms with van der Waals surface area (Å²) in [6, 6.07) is 7.36. The molecule has 3 rings (SSSR count). The van der Waals surface area contributed by atoms with E-state index in [9.17, 15) is 14.4 Å². The smallest absolute Gasteiger partial charge is 0.426 e. The number of H-pyrrole nitrogens is 1. The molecule has 0 radical (unpaired) electrons. The van der Waals surface area contributed by atoms with E-state index in [-0.39, 0.29) is 12.1 Å². The molecule has 2 amide bonds. The van der Waals surface area contributed by atoms with Crippen LogP contribution < -0.4 is 21.1 Å². The molecule has 0 aliphatic rings. The highest BCUT2D eigenvalue weighted by atomic mass is 16.6. The molecule has 35 heavy (non-hydrogen) atoms. The second-order valence-electron chi connectivity index (χ2n) is 8.99. The van der Waals surface area contributed by atoms with Crippen molar-refractivity contribution in [2.24, 2.45) is 0 Å². The van der Waals surface area contributed by atoms with Crippen molar-refractivity contribution in [3.8, 4) is 17.1 Å². The van der Waals surface area contributed by atoms with Crippen molar-refractivity contribution >= 4 is 23.0 Å². The van der Waals surface area contributed by atoms with Gasteiger partial charge in [0.25, 0.3) is 11.5 Å². The van der Waals surface area contributed by atoms with Gasteiger partial charge in [-0.05, 0) is 45.7 Å². The maximum Gasteiger partial charge on any atom is 0.426 e. The number of para-hydroxylation sites is 1. The summed E-state index contributed by atoms with van der Waals surface area (Å²) in [5, 5.41) is 4.34. The van der Waals surface area contributed by atoms with Gasteiger partial charge in [-0.15, -0.1) is 0 Å². The molecule has 11 heteroatoms. The molecular weight excluding hydrogens is 452 g/mol. The minimum atomic E-state index is -0.781. The summed E-state index contributed by atoms with van der Waals surface area (Å²) in [6.45, 7) is 9.46. The lowest BCUT2D eigenvalue weighted by atomic mass is 10.1. The average Bonchev–Trinajstić information content (AvgIpc) is 3.13. The van der Waals surface area contributed by atoms with Gasteiger partial charge in [-0.25, -0.2) is 15.2 Å². The largest absolute Gasteiger partial charge is 0.493 e. The zero-order valence-electron chi connectivity index (χ0n) is 20.7. The molecule has 2 heterocycles. The van der Waals surface area contributed by atoms with E-state index in [4.69, 9.17) is 14.5 Å². The van der Waals surface area contributed by atoms with Crippen LogP contribution in [0.25, 0.3) is 22.4 Å². The first kappa shape index (κ1) is 25.7. The number of hydrogen-bond donors (Lipinski definition) is 3. The molecule has 3 aromatic rings. The van der Waals surface area contributed by atoms with Crippen LogP contribution in [0.4, 0.5) is 4.79 Å². The van der Waals surface area contributed by atoms with Crippen LogP contribution in [0, 0.1) is 0 Å². The van der Waals surface area contributed by atoms with Crippen LogP contribution in [0.2, 0.25) is 0 Å². The van der Waals surface area contributed by atoms with Crippen LogP contribution in [0.3, 0.4) is 0 Å². The van der Waals surface area contributed by atoms with Crippen molar-refractivity contribution in [3.63, 3.8) is 0 Å². The number of ether oxygens (including phenoxy) is 2. The Morgan fingerprint density at radius 1 is 1.09 bits per heavy atom. The van der Waals surface area contributed by atoms with Crippen LogP contribution in [0.15, 0.2) is 29.1 Å². The molecule has 11 nitrogen and oxygen atoms in total. The van der Waals surface area contributed by atoms with Crippen molar-refractivity contribution in [2.45, 2.75) is 66.0 Å². The van der Waals surface area contributed by atoms with Gasteiger partial charge in [0.05, 0.1) is 17.9 Å². The Balaban J connectivity index is 1.91. The number of nitrogens with zero attached hydrogens (tertiary/aromatic N) is 3. The van der Waals surface area contributed by atoms with E-state index in [2.05, 4.69) is 20.9 Å². The molecule has 2 aromatic heterocycles. The molecule has 3 N–H and O–H groups in total. The molecule has 0 saturated heterocycles. The van der Waals surface area contributed by atoms with E-state index in [0.717, 1.165) is 12.8 Å². The fraction of sp³-hybridized carbons (Fsp3) is 0.458. The third-order valence-corrected chi connectivity index (χ3v) is 4.79. The number of hydrazine groups is 1. The third kappa shape index (κ3) is 6.58. The first-order valence-corrected chi connectivity index (χ1v) is 11.6. The van der Waals surface area contributed by atoms with Gasteiger partial charge >= 0.3 is 6.09 Å². The zero-order valence-corrected chi connectivity index (χ0v) is 20.7. The zero-order chi connectivity index (χ0) is 25.6. The molecule has 0 spiro atoms. The Labute approximate surface area is 203 Å². The number of fused-ring (bicyclic) bond motifs is 1. The van der Waals surface area contributed by atoms with Crippen LogP contribution in [-0.4, -0.2) is 44.0 Å². The summed E-state index contributed by atoms with van der Waals surface area (Å²) < 4.78 is 12.4. The lowest BCUT2D eigenvalue weighted by molar-refractivity contribution is -0.122. The van der Waals surface area contributed by atoms with Crippen LogP contribution in [0.5, 0.6) is 5.75 Å². The maximum absolute atomic E-state index is 12.9. The normalized spacial score (nSPS) is 11.3. The standard InChI is InChI=1S/C24H32N6O5/c1-6-10-16-19-20(29-30(16)14-18(31)27-28-23(33)35-24(3,4)5)22(32)26-21(25-19)15-11-8-9-12-17(15)34-13-7-2/h8-9,11-12H,6-7,10,13-14H2,1-5H3,(H,27,31)(H,28,33)(H,25,26,32). The summed E-state index contributed by atoms with van der Waals surface area (Å²) in [5.74, 6) is 0.451. The van der Waals surface area contributed by atoms with Gasteiger partial charge in [0.15, 0.2) is 5.52 Å². The summed E-state index contributed by atoms with van der Waals surface area (Å²) >= 11 is 0. The van der Waals surface area contributed by atoms with Gasteiger partial charge in [-0.1, -0.05) is 32.4 Å². The number of aromatic nitrogens is 4. The Bertz CT molecular complexity index is 1260. The molecule has 0 aliphatic carbocycles. The van der Waals surface area contributed by atoms with Gasteiger partial charge < -0.3 is 14.5 Å². The predicted octanol–water partition coefficient (Wildman–Crippen LogP) is 3.08. The maximum atomic E-state index is 12.9. The number of aryl methyl sites for hydroxylation is 1. The molecule has 0 saturated carbocycles. The Morgan fingerprint density at radius 3 is 2.51 bits per heavy atom. The van der Waals surface area contributed by atoms with Gasteiger partial charge in [-0.2, -0.15) is 5.10 Å². The molecule has 0 atom stereocenters. The molecule has 188 valence electrons. The highest BCUT2D eigenvalue weighted by molar-refractivity contribution is 5.82. The number of carbonyl (C=O) groups excluding carboxylic acids is 2. The van der Waals surface area contributed by atoms with Gasteiger partial charge in [0.1, 0.15) is 29.2 Å². The minimum absolute atomic E-state index is 0.136. The highest BCUT2D eigenvalue weighted by Gasteiger charge is 2.21. The average molecular weight is 485 g/mol. The Morgan fingerprint density at radius 2 is 1.83 bits per heavy atom. The van der Waals surface area contributed by atoms with Crippen molar-refractivity contribution < 1.29 is 19.1 Å². The number of aromatic amines is 1. The fourth-order valence-electron chi connectivity index (χ4n) is 3.41. The Kier molecular flexibility index (Phi) is 8.10. The first-order valence-electron chi connectivity index (χ1n) is 11.6. The second kappa shape index (κ2) is 11.0. The number of benzene rings is 1. The molecule has 0 fully saturated rings. The fourth-order valence-corrected chi connectivity index (χ4v) is 3.41. The van der Waals surface area contributed by atoms with Crippen LogP contribution in [-0.2, 0) is 22.5 Å². The summed E-state index contributed by atoms with van der Waals surface area (Å²) in [6.07, 6.45) is 1.36. The van der Waals surface area contributed by atoms with Gasteiger partial charge in [0.2, 0.25) is 0 Å². The van der Waals surface area contributed by atoms with E-state index in [1.807, 2.05) is 38.1 Å². The number of carbonyl (C=O) groups is 2. The molecule has 0 aliphatic heterocycles. The van der Waals surface area contributed by atoms with E-state index in [0.29, 0.717) is 41.4 Å². The van der Waals surface area contributed by atoms with Gasteiger partial charge in [-0.3, -0.25) is 19.7 Å². The summed E-state index contributed by atoms with van der Waals surface area (Å²) in [5.41, 5.74) is 5.26. The van der Waals surface area contributed by atoms with Crippen molar-refractivity contribution in [1.82, 2.24) is 30.6 Å². The van der Waals surface area contributed by atoms with E-state index in [1.165, 1.54) is 4.68 Å². The molecular formula is C24H32N6O5. The topological polar surface area (TPSA) is 140 Å². The predicted molar refractivity (Wildman–Crippen MR) is 131 cm³/mol. The Hall–Kier alpha value is -3.89. The van der Waals surface area contributed by atoms with Crippen LogP contribution in [0.1, 0.15) is 53.2 Å². The number of amides is 2. The highest BCUT2D eigenvalue weighted by Crippen LogP contribution is 2.28. The molecule has 1 aromatic carbocycles. The lowest BCUT2D eigenvalue weighted by Gasteiger charge is -2.19. The third-order valence-electron chi connectivity index (χ3n) is 4.79. The van der Waals surface area contributed by atoms with Crippen molar-refractivity contribution in [3.05, 3.63) is 40.3 Å². The number of rotatable bonds is 8. The van der Waals surface area contributed by atoms with E-state index in [1.54, 1.807) is 20.8 Å². The van der Waals surface area contributed by atoms with E-state index < -0.39 is 23.2 Å². The quantitative estimate of drug-likeness (QED) is 0.417. The van der Waals surface area contributed by atoms with Crippen molar-refractivity contribution in [2.75, 3.05) is 6.61 Å². The van der Waals surface area contributed by atoms with E-state index >= 15 is 0 Å². The summed E-state index contributed by atoms with van der Waals surface area (Å²) in [7, 11) is 0. The van der Waals surface area contributed by atoms with Crippen molar-refractivity contribution in [1.29, 1.82) is 0 Å². The number of hydrogen-bond acceptors (Lipinski definition) is 7. The first-order chi connectivity index (χ1) is 16.6. The second-order valence-corrected chi connectivity index (χ2v) is 8.99. The SMILES string of the molecule is CCCOc1ccccc1-c1nc2c(CCC)n(CC(=O)NNC(=O)OC(C)(C)C)nc2c(=O)[nH]1. The lowest BCUT2D eigenvalue weighted by Crippen LogP contribution is -2.45.